The highest BCUT2D eigenvalue weighted by Crippen LogP contribution is 2.31. The Labute approximate surface area is 185 Å². The Morgan fingerprint density at radius 1 is 0.839 bits per heavy atom. The zero-order valence-electron chi connectivity index (χ0n) is 18.5. The van der Waals surface area contributed by atoms with Crippen LogP contribution in [0, 0.1) is 12.8 Å². The summed E-state index contributed by atoms with van der Waals surface area (Å²) in [5.41, 5.74) is 6.13. The zero-order chi connectivity index (χ0) is 21.6. The second-order valence-electron chi connectivity index (χ2n) is 8.45. The number of fused-ring (bicyclic) bond motifs is 1. The number of nitrogens with one attached hydrogen (secondary N) is 1. The lowest BCUT2D eigenvalue weighted by atomic mass is 9.93. The van der Waals surface area contributed by atoms with Crippen LogP contribution in [-0.2, 0) is 6.54 Å². The summed E-state index contributed by atoms with van der Waals surface area (Å²) in [7, 11) is 0. The zero-order valence-corrected chi connectivity index (χ0v) is 18.5. The van der Waals surface area contributed by atoms with Crippen molar-refractivity contribution in [1.82, 2.24) is 0 Å². The van der Waals surface area contributed by atoms with Gasteiger partial charge in [-0.1, -0.05) is 92.7 Å². The van der Waals surface area contributed by atoms with E-state index >= 15 is 0 Å². The first-order valence-electron chi connectivity index (χ1n) is 11.0. The molecule has 0 aliphatic rings. The summed E-state index contributed by atoms with van der Waals surface area (Å²) < 4.78 is 0. The van der Waals surface area contributed by atoms with E-state index in [4.69, 9.17) is 0 Å². The fourth-order valence-electron chi connectivity index (χ4n) is 4.06. The minimum atomic E-state index is 0.224. The molecule has 0 saturated heterocycles. The van der Waals surface area contributed by atoms with Crippen LogP contribution in [0.4, 0.5) is 5.69 Å². The molecular weight excluding hydrogens is 376 g/mol. The third-order valence-electron chi connectivity index (χ3n) is 5.80. The van der Waals surface area contributed by atoms with Gasteiger partial charge in [-0.25, -0.2) is 0 Å². The van der Waals surface area contributed by atoms with E-state index in [1.54, 1.807) is 0 Å². The van der Waals surface area contributed by atoms with Crippen molar-refractivity contribution in [2.24, 2.45) is 10.9 Å². The highest BCUT2D eigenvalue weighted by molar-refractivity contribution is 5.90. The molecule has 0 aliphatic carbocycles. The van der Waals surface area contributed by atoms with Crippen molar-refractivity contribution in [3.8, 4) is 0 Å². The molecule has 0 aliphatic heterocycles. The first kappa shape index (κ1) is 20.9. The minimum absolute atomic E-state index is 0.224. The summed E-state index contributed by atoms with van der Waals surface area (Å²) in [5, 5.41) is 6.40. The average molecular weight is 407 g/mol. The molecule has 0 saturated carbocycles. The number of rotatable bonds is 7. The second kappa shape index (κ2) is 9.61. The van der Waals surface area contributed by atoms with Gasteiger partial charge in [-0.2, -0.15) is 0 Å². The normalized spacial score (nSPS) is 12.5. The van der Waals surface area contributed by atoms with Gasteiger partial charge in [-0.3, -0.25) is 4.99 Å². The quantitative estimate of drug-likeness (QED) is 0.314. The van der Waals surface area contributed by atoms with E-state index in [9.17, 15) is 0 Å². The van der Waals surface area contributed by atoms with Crippen LogP contribution in [0.2, 0.25) is 0 Å². The van der Waals surface area contributed by atoms with Gasteiger partial charge >= 0.3 is 0 Å². The third-order valence-corrected chi connectivity index (χ3v) is 5.80. The number of hydrogen-bond donors (Lipinski definition) is 1. The van der Waals surface area contributed by atoms with Crippen LogP contribution >= 0.6 is 0 Å². The summed E-state index contributed by atoms with van der Waals surface area (Å²) in [4.78, 5) is 4.64. The molecule has 1 N–H and O–H groups in total. The van der Waals surface area contributed by atoms with Crippen LogP contribution < -0.4 is 5.32 Å². The molecule has 156 valence electrons. The Bertz CT molecular complexity index is 1180. The Morgan fingerprint density at radius 2 is 1.61 bits per heavy atom. The highest BCUT2D eigenvalue weighted by atomic mass is 14.9. The molecule has 0 radical (unpaired) electrons. The lowest BCUT2D eigenvalue weighted by Crippen LogP contribution is -2.17. The van der Waals surface area contributed by atoms with Crippen molar-refractivity contribution >= 4 is 22.7 Å². The Morgan fingerprint density at radius 3 is 2.42 bits per heavy atom. The van der Waals surface area contributed by atoms with Crippen LogP contribution in [0.15, 0.2) is 96.0 Å². The standard InChI is InChI=1S/C29H30N2/c1-21(2)29(31-28-17-16-25-13-7-8-15-27(25)22(28)3)26-14-9-12-24(18-26)20-30-19-23-10-5-4-6-11-23/h4-18,20-21,29,31H,19H2,1-3H3/b30-20-. The fraction of sp³-hybridized carbons (Fsp3) is 0.207. The van der Waals surface area contributed by atoms with E-state index < -0.39 is 0 Å². The molecule has 2 nitrogen and oxygen atoms in total. The highest BCUT2D eigenvalue weighted by Gasteiger charge is 2.17. The molecule has 0 bridgehead atoms. The Hall–Kier alpha value is -3.39. The summed E-state index contributed by atoms with van der Waals surface area (Å²) in [6.07, 6.45) is 1.98. The van der Waals surface area contributed by atoms with Gasteiger partial charge < -0.3 is 5.32 Å². The maximum absolute atomic E-state index is 4.64. The van der Waals surface area contributed by atoms with E-state index in [0.717, 1.165) is 5.56 Å². The molecule has 1 unspecified atom stereocenters. The van der Waals surface area contributed by atoms with E-state index in [1.165, 1.54) is 33.2 Å². The molecule has 31 heavy (non-hydrogen) atoms. The molecule has 4 aromatic carbocycles. The third kappa shape index (κ3) is 5.03. The van der Waals surface area contributed by atoms with E-state index in [1.807, 2.05) is 12.3 Å². The number of hydrogen-bond acceptors (Lipinski definition) is 2. The lowest BCUT2D eigenvalue weighted by molar-refractivity contribution is 0.546. The summed E-state index contributed by atoms with van der Waals surface area (Å²) >= 11 is 0. The van der Waals surface area contributed by atoms with Gasteiger partial charge in [0.2, 0.25) is 0 Å². The van der Waals surface area contributed by atoms with Crippen LogP contribution in [-0.4, -0.2) is 6.21 Å². The van der Waals surface area contributed by atoms with Gasteiger partial charge in [-0.15, -0.1) is 0 Å². The monoisotopic (exact) mass is 406 g/mol. The lowest BCUT2D eigenvalue weighted by Gasteiger charge is -2.26. The average Bonchev–Trinajstić information content (AvgIpc) is 2.79. The molecule has 1 atom stereocenters. The molecule has 0 spiro atoms. The number of aliphatic imine (C=N–C) groups is 1. The minimum Gasteiger partial charge on any atom is -0.378 e. The smallest absolute Gasteiger partial charge is 0.0639 e. The fourth-order valence-corrected chi connectivity index (χ4v) is 4.06. The van der Waals surface area contributed by atoms with E-state index in [2.05, 4.69) is 116 Å². The van der Waals surface area contributed by atoms with Crippen molar-refractivity contribution < 1.29 is 0 Å². The molecule has 0 heterocycles. The van der Waals surface area contributed by atoms with E-state index in [-0.39, 0.29) is 6.04 Å². The molecule has 0 fully saturated rings. The molecule has 2 heteroatoms. The van der Waals surface area contributed by atoms with Gasteiger partial charge in [-0.05, 0) is 58.0 Å². The van der Waals surface area contributed by atoms with Gasteiger partial charge in [0.05, 0.1) is 12.6 Å². The number of nitrogens with zero attached hydrogens (tertiary/aromatic N) is 1. The van der Waals surface area contributed by atoms with Crippen molar-refractivity contribution in [3.63, 3.8) is 0 Å². The predicted octanol–water partition coefficient (Wildman–Crippen LogP) is 7.58. The number of aryl methyl sites for hydroxylation is 1. The molecule has 0 aromatic heterocycles. The Kier molecular flexibility index (Phi) is 6.47. The molecular formula is C29H30N2. The van der Waals surface area contributed by atoms with E-state index in [0.29, 0.717) is 12.5 Å². The van der Waals surface area contributed by atoms with Crippen LogP contribution in [0.25, 0.3) is 10.8 Å². The SMILES string of the molecule is Cc1c(NC(c2cccc(/C=N\Cc3ccccc3)c2)C(C)C)ccc2ccccc12. The van der Waals surface area contributed by atoms with Crippen LogP contribution in [0.1, 0.15) is 42.1 Å². The Balaban J connectivity index is 1.56. The maximum atomic E-state index is 4.64. The molecule has 0 amide bonds. The largest absolute Gasteiger partial charge is 0.378 e. The number of anilines is 1. The summed E-state index contributed by atoms with van der Waals surface area (Å²) in [5.74, 6) is 0.447. The first-order valence-corrected chi connectivity index (χ1v) is 11.0. The van der Waals surface area contributed by atoms with Crippen LogP contribution in [0.5, 0.6) is 0 Å². The van der Waals surface area contributed by atoms with Gasteiger partial charge in [0, 0.05) is 11.9 Å². The molecule has 4 aromatic rings. The van der Waals surface area contributed by atoms with Crippen molar-refractivity contribution in [1.29, 1.82) is 0 Å². The van der Waals surface area contributed by atoms with Crippen LogP contribution in [0.3, 0.4) is 0 Å². The molecule has 4 rings (SSSR count). The first-order chi connectivity index (χ1) is 15.1. The van der Waals surface area contributed by atoms with Gasteiger partial charge in [0.1, 0.15) is 0 Å². The van der Waals surface area contributed by atoms with Crippen molar-refractivity contribution in [2.45, 2.75) is 33.4 Å². The predicted molar refractivity (Wildman–Crippen MR) is 134 cm³/mol. The van der Waals surface area contributed by atoms with Gasteiger partial charge in [0.25, 0.3) is 0 Å². The number of benzene rings is 4. The summed E-state index contributed by atoms with van der Waals surface area (Å²) in [6, 6.07) is 32.3. The maximum Gasteiger partial charge on any atom is 0.0639 e. The van der Waals surface area contributed by atoms with Crippen molar-refractivity contribution in [2.75, 3.05) is 5.32 Å². The topological polar surface area (TPSA) is 24.4 Å². The van der Waals surface area contributed by atoms with Crippen molar-refractivity contribution in [3.05, 3.63) is 113 Å². The van der Waals surface area contributed by atoms with Gasteiger partial charge in [0.15, 0.2) is 0 Å². The second-order valence-corrected chi connectivity index (χ2v) is 8.45. The summed E-state index contributed by atoms with van der Waals surface area (Å²) in [6.45, 7) is 7.44.